The van der Waals surface area contributed by atoms with Crippen LogP contribution in [0.25, 0.3) is 0 Å². The Morgan fingerprint density at radius 1 is 1.17 bits per heavy atom. The summed E-state index contributed by atoms with van der Waals surface area (Å²) in [5, 5.41) is 4.20. The fourth-order valence-corrected chi connectivity index (χ4v) is 1.79. The van der Waals surface area contributed by atoms with Gasteiger partial charge in [-0.1, -0.05) is 17.7 Å². The maximum atomic E-state index is 5.88. The Labute approximate surface area is 116 Å². The maximum Gasteiger partial charge on any atom is 0.120 e. The number of halogens is 1. The summed E-state index contributed by atoms with van der Waals surface area (Å²) in [4.78, 5) is 0. The highest BCUT2D eigenvalue weighted by atomic mass is 35.5. The fourth-order valence-electron chi connectivity index (χ4n) is 1.61. The Hall–Kier alpha value is -0.730. The molecule has 0 aliphatic rings. The molecule has 0 atom stereocenters. The monoisotopic (exact) mass is 269 g/mol. The summed E-state index contributed by atoms with van der Waals surface area (Å²) in [5.41, 5.74) is 0.220. The lowest BCUT2D eigenvalue weighted by Crippen LogP contribution is -2.36. The van der Waals surface area contributed by atoms with E-state index in [0.717, 1.165) is 30.3 Å². The van der Waals surface area contributed by atoms with Crippen molar-refractivity contribution in [1.82, 2.24) is 5.32 Å². The van der Waals surface area contributed by atoms with Crippen molar-refractivity contribution in [2.24, 2.45) is 0 Å². The zero-order chi connectivity index (χ0) is 13.4. The van der Waals surface area contributed by atoms with Gasteiger partial charge in [0, 0.05) is 10.6 Å². The molecule has 0 bridgehead atoms. The molecule has 0 saturated heterocycles. The third-order valence-corrected chi connectivity index (χ3v) is 2.78. The minimum atomic E-state index is 0.220. The molecule has 0 saturated carbocycles. The molecular formula is C15H24ClNO. The number of ether oxygens (including phenoxy) is 1. The van der Waals surface area contributed by atoms with Gasteiger partial charge in [-0.25, -0.2) is 0 Å². The SMILES string of the molecule is CC(C)(C)NCCCCCOc1cccc(Cl)c1. The second kappa shape index (κ2) is 7.65. The van der Waals surface area contributed by atoms with Gasteiger partial charge in [-0.05, 0) is 64.8 Å². The molecule has 2 nitrogen and oxygen atoms in total. The van der Waals surface area contributed by atoms with E-state index in [1.54, 1.807) is 0 Å². The van der Waals surface area contributed by atoms with Crippen LogP contribution in [-0.2, 0) is 0 Å². The van der Waals surface area contributed by atoms with Crippen LogP contribution in [0.3, 0.4) is 0 Å². The number of unbranched alkanes of at least 4 members (excludes halogenated alkanes) is 2. The lowest BCUT2D eigenvalue weighted by molar-refractivity contribution is 0.303. The highest BCUT2D eigenvalue weighted by molar-refractivity contribution is 6.30. The third-order valence-electron chi connectivity index (χ3n) is 2.54. The first kappa shape index (κ1) is 15.3. The third kappa shape index (κ3) is 7.57. The highest BCUT2D eigenvalue weighted by Gasteiger charge is 2.06. The van der Waals surface area contributed by atoms with Gasteiger partial charge in [-0.3, -0.25) is 0 Å². The van der Waals surface area contributed by atoms with Crippen LogP contribution in [0.15, 0.2) is 24.3 Å². The van der Waals surface area contributed by atoms with Crippen molar-refractivity contribution in [2.75, 3.05) is 13.2 Å². The van der Waals surface area contributed by atoms with E-state index in [9.17, 15) is 0 Å². The van der Waals surface area contributed by atoms with Crippen LogP contribution < -0.4 is 10.1 Å². The summed E-state index contributed by atoms with van der Waals surface area (Å²) >= 11 is 5.88. The molecule has 0 aliphatic carbocycles. The molecule has 18 heavy (non-hydrogen) atoms. The molecule has 1 N–H and O–H groups in total. The van der Waals surface area contributed by atoms with Gasteiger partial charge in [-0.2, -0.15) is 0 Å². The minimum absolute atomic E-state index is 0.220. The lowest BCUT2D eigenvalue weighted by Gasteiger charge is -2.20. The number of rotatable bonds is 7. The summed E-state index contributed by atoms with van der Waals surface area (Å²) in [6.07, 6.45) is 3.46. The van der Waals surface area contributed by atoms with E-state index in [2.05, 4.69) is 26.1 Å². The second-order valence-corrected chi connectivity index (χ2v) is 5.98. The molecule has 0 fully saturated rings. The standard InChI is InChI=1S/C15H24ClNO/c1-15(2,3)17-10-5-4-6-11-18-14-9-7-8-13(16)12-14/h7-9,12,17H,4-6,10-11H2,1-3H3. The maximum absolute atomic E-state index is 5.88. The lowest BCUT2D eigenvalue weighted by atomic mass is 10.1. The number of nitrogens with one attached hydrogen (secondary N) is 1. The van der Waals surface area contributed by atoms with Crippen LogP contribution in [0.4, 0.5) is 0 Å². The Balaban J connectivity index is 2.02. The Morgan fingerprint density at radius 2 is 1.94 bits per heavy atom. The van der Waals surface area contributed by atoms with E-state index in [1.807, 2.05) is 24.3 Å². The van der Waals surface area contributed by atoms with Crippen LogP contribution in [-0.4, -0.2) is 18.7 Å². The van der Waals surface area contributed by atoms with Crippen molar-refractivity contribution in [3.8, 4) is 5.75 Å². The summed E-state index contributed by atoms with van der Waals surface area (Å²) < 4.78 is 5.63. The fraction of sp³-hybridized carbons (Fsp3) is 0.600. The molecule has 0 aliphatic heterocycles. The molecule has 0 heterocycles. The molecule has 0 spiro atoms. The molecule has 3 heteroatoms. The number of hydrogen-bond donors (Lipinski definition) is 1. The van der Waals surface area contributed by atoms with Gasteiger partial charge in [0.15, 0.2) is 0 Å². The first-order valence-corrected chi connectivity index (χ1v) is 6.98. The van der Waals surface area contributed by atoms with Crippen LogP contribution in [0.2, 0.25) is 5.02 Å². The van der Waals surface area contributed by atoms with E-state index in [0.29, 0.717) is 0 Å². The highest BCUT2D eigenvalue weighted by Crippen LogP contribution is 2.17. The van der Waals surface area contributed by atoms with Crippen molar-refractivity contribution in [3.63, 3.8) is 0 Å². The predicted molar refractivity (Wildman–Crippen MR) is 78.6 cm³/mol. The molecule has 0 amide bonds. The average molecular weight is 270 g/mol. The van der Waals surface area contributed by atoms with E-state index < -0.39 is 0 Å². The number of hydrogen-bond acceptors (Lipinski definition) is 2. The largest absolute Gasteiger partial charge is 0.494 e. The molecule has 1 aromatic rings. The first-order chi connectivity index (χ1) is 8.47. The minimum Gasteiger partial charge on any atom is -0.494 e. The molecule has 0 radical (unpaired) electrons. The molecule has 1 aromatic carbocycles. The number of benzene rings is 1. The van der Waals surface area contributed by atoms with Gasteiger partial charge in [0.2, 0.25) is 0 Å². The molecule has 1 rings (SSSR count). The molecular weight excluding hydrogens is 246 g/mol. The van der Waals surface area contributed by atoms with Gasteiger partial charge < -0.3 is 10.1 Å². The second-order valence-electron chi connectivity index (χ2n) is 5.54. The summed E-state index contributed by atoms with van der Waals surface area (Å²) in [6.45, 7) is 8.40. The molecule has 0 unspecified atom stereocenters. The first-order valence-electron chi connectivity index (χ1n) is 6.61. The summed E-state index contributed by atoms with van der Waals surface area (Å²) in [7, 11) is 0. The predicted octanol–water partition coefficient (Wildman–Crippen LogP) is 4.28. The Kier molecular flexibility index (Phi) is 6.51. The topological polar surface area (TPSA) is 21.3 Å². The van der Waals surface area contributed by atoms with Gasteiger partial charge in [0.1, 0.15) is 5.75 Å². The van der Waals surface area contributed by atoms with Crippen LogP contribution in [0.5, 0.6) is 5.75 Å². The quantitative estimate of drug-likeness (QED) is 0.746. The zero-order valence-corrected chi connectivity index (χ0v) is 12.4. The summed E-state index contributed by atoms with van der Waals surface area (Å²) in [6, 6.07) is 7.55. The van der Waals surface area contributed by atoms with E-state index in [-0.39, 0.29) is 5.54 Å². The van der Waals surface area contributed by atoms with Crippen LogP contribution >= 0.6 is 11.6 Å². The van der Waals surface area contributed by atoms with Gasteiger partial charge in [0.25, 0.3) is 0 Å². The van der Waals surface area contributed by atoms with Crippen LogP contribution in [0, 0.1) is 0 Å². The average Bonchev–Trinajstić information content (AvgIpc) is 2.26. The smallest absolute Gasteiger partial charge is 0.120 e. The van der Waals surface area contributed by atoms with Gasteiger partial charge in [0.05, 0.1) is 6.61 Å². The molecule has 0 aromatic heterocycles. The van der Waals surface area contributed by atoms with Gasteiger partial charge in [-0.15, -0.1) is 0 Å². The molecule has 102 valence electrons. The Bertz CT molecular complexity index is 347. The van der Waals surface area contributed by atoms with Crippen molar-refractivity contribution in [3.05, 3.63) is 29.3 Å². The van der Waals surface area contributed by atoms with Gasteiger partial charge >= 0.3 is 0 Å². The van der Waals surface area contributed by atoms with Crippen molar-refractivity contribution < 1.29 is 4.74 Å². The van der Waals surface area contributed by atoms with Crippen molar-refractivity contribution >= 4 is 11.6 Å². The Morgan fingerprint density at radius 3 is 2.61 bits per heavy atom. The van der Waals surface area contributed by atoms with E-state index in [1.165, 1.54) is 12.8 Å². The summed E-state index contributed by atoms with van der Waals surface area (Å²) in [5.74, 6) is 0.857. The van der Waals surface area contributed by atoms with Crippen molar-refractivity contribution in [1.29, 1.82) is 0 Å². The van der Waals surface area contributed by atoms with E-state index in [4.69, 9.17) is 16.3 Å². The normalized spacial score (nSPS) is 11.6. The van der Waals surface area contributed by atoms with Crippen LogP contribution in [0.1, 0.15) is 40.0 Å². The van der Waals surface area contributed by atoms with Crippen molar-refractivity contribution in [2.45, 2.75) is 45.6 Å². The van der Waals surface area contributed by atoms with E-state index >= 15 is 0 Å². The zero-order valence-electron chi connectivity index (χ0n) is 11.6.